The van der Waals surface area contributed by atoms with Crippen LogP contribution in [-0.4, -0.2) is 44.8 Å². The fourth-order valence-electron chi connectivity index (χ4n) is 4.70. The molecule has 0 radical (unpaired) electrons. The van der Waals surface area contributed by atoms with E-state index in [1.54, 1.807) is 0 Å². The molecule has 0 aliphatic heterocycles. The first kappa shape index (κ1) is 38.6. The number of carbonyl (C=O) groups is 2. The second kappa shape index (κ2) is 22.7. The fraction of sp³-hybridized carbons (Fsp3) is 0.436. The number of unbranched alkanes of at least 4 members (excludes halogenated alkanes) is 6. The van der Waals surface area contributed by atoms with Gasteiger partial charge in [-0.2, -0.15) is 20.5 Å². The van der Waals surface area contributed by atoms with Crippen molar-refractivity contribution < 1.29 is 23.8 Å². The van der Waals surface area contributed by atoms with E-state index in [4.69, 9.17) is 14.2 Å². The molecule has 262 valence electrons. The Morgan fingerprint density at radius 2 is 1.14 bits per heavy atom. The molecule has 3 rings (SSSR count). The van der Waals surface area contributed by atoms with Crippen molar-refractivity contribution in [2.24, 2.45) is 26.4 Å². The lowest BCUT2D eigenvalue weighted by Gasteiger charge is -2.22. The number of nitrogens with zero attached hydrogens (tertiary/aromatic N) is 5. The monoisotopic (exact) mass is 669 g/mol. The van der Waals surface area contributed by atoms with E-state index in [0.29, 0.717) is 37.7 Å². The Balaban J connectivity index is 1.31. The number of azo groups is 2. The number of hydrogen-bond donors (Lipinski definition) is 0. The first-order chi connectivity index (χ1) is 23.9. The molecule has 0 aromatic heterocycles. The summed E-state index contributed by atoms with van der Waals surface area (Å²) in [6.07, 6.45) is 9.74. The smallest absolute Gasteiger partial charge is 0.330 e. The second-order valence-corrected chi connectivity index (χ2v) is 11.7. The van der Waals surface area contributed by atoms with Gasteiger partial charge < -0.3 is 19.1 Å². The summed E-state index contributed by atoms with van der Waals surface area (Å²) < 4.78 is 16.3. The van der Waals surface area contributed by atoms with Crippen LogP contribution in [0.2, 0.25) is 0 Å². The van der Waals surface area contributed by atoms with Gasteiger partial charge >= 0.3 is 11.9 Å². The zero-order valence-corrected chi connectivity index (χ0v) is 29.3. The van der Waals surface area contributed by atoms with Crippen LogP contribution in [0, 0.1) is 5.92 Å². The van der Waals surface area contributed by atoms with Crippen LogP contribution >= 0.6 is 0 Å². The van der Waals surface area contributed by atoms with Crippen molar-refractivity contribution in [2.75, 3.05) is 37.8 Å². The van der Waals surface area contributed by atoms with Gasteiger partial charge in [-0.25, -0.2) is 4.79 Å². The first-order valence-corrected chi connectivity index (χ1v) is 17.4. The molecule has 0 N–H and O–H groups in total. The maximum absolute atomic E-state index is 11.7. The fourth-order valence-corrected chi connectivity index (χ4v) is 4.70. The molecule has 0 saturated carbocycles. The van der Waals surface area contributed by atoms with Gasteiger partial charge in [0.1, 0.15) is 12.4 Å². The average Bonchev–Trinajstić information content (AvgIpc) is 3.14. The molecule has 0 fully saturated rings. The summed E-state index contributed by atoms with van der Waals surface area (Å²) in [6.45, 7) is 12.3. The summed E-state index contributed by atoms with van der Waals surface area (Å²) in [4.78, 5) is 25.0. The molecule has 10 nitrogen and oxygen atoms in total. The number of benzene rings is 3. The molecular weight excluding hydrogens is 618 g/mol. The maximum Gasteiger partial charge on any atom is 0.330 e. The second-order valence-electron chi connectivity index (χ2n) is 11.7. The van der Waals surface area contributed by atoms with Gasteiger partial charge in [-0.15, -0.1) is 0 Å². The third-order valence-electron chi connectivity index (χ3n) is 7.93. The minimum Gasteiger partial charge on any atom is -0.494 e. The Kier molecular flexibility index (Phi) is 17.8. The first-order valence-electron chi connectivity index (χ1n) is 17.4. The quantitative estimate of drug-likeness (QED) is 0.0429. The lowest BCUT2D eigenvalue weighted by atomic mass is 10.1. The highest BCUT2D eigenvalue weighted by atomic mass is 16.5. The van der Waals surface area contributed by atoms with Crippen LogP contribution in [0.4, 0.5) is 28.4 Å². The molecule has 3 aromatic rings. The summed E-state index contributed by atoms with van der Waals surface area (Å²) in [5, 5.41) is 17.3. The van der Waals surface area contributed by atoms with E-state index in [1.807, 2.05) is 93.6 Å². The maximum atomic E-state index is 11.7. The molecule has 0 aliphatic carbocycles. The van der Waals surface area contributed by atoms with Gasteiger partial charge in [0.2, 0.25) is 0 Å². The van der Waals surface area contributed by atoms with E-state index in [-0.39, 0.29) is 11.9 Å². The lowest BCUT2D eigenvalue weighted by Crippen LogP contribution is -2.27. The van der Waals surface area contributed by atoms with Crippen LogP contribution in [0.5, 0.6) is 5.75 Å². The van der Waals surface area contributed by atoms with Crippen molar-refractivity contribution in [2.45, 2.75) is 72.1 Å². The van der Waals surface area contributed by atoms with Crippen molar-refractivity contribution in [3.63, 3.8) is 0 Å². The van der Waals surface area contributed by atoms with Crippen LogP contribution in [0.15, 0.2) is 106 Å². The third-order valence-corrected chi connectivity index (χ3v) is 7.93. The molecule has 0 saturated heterocycles. The summed E-state index contributed by atoms with van der Waals surface area (Å²) in [6, 6.07) is 22.8. The Bertz CT molecular complexity index is 1460. The number of hydrogen-bond acceptors (Lipinski definition) is 10. The largest absolute Gasteiger partial charge is 0.494 e. The molecule has 1 unspecified atom stereocenters. The van der Waals surface area contributed by atoms with Crippen LogP contribution in [-0.2, 0) is 19.1 Å². The predicted octanol–water partition coefficient (Wildman–Crippen LogP) is 10.8. The van der Waals surface area contributed by atoms with Crippen LogP contribution in [0.1, 0.15) is 72.1 Å². The summed E-state index contributed by atoms with van der Waals surface area (Å²) in [7, 11) is 0. The SMILES string of the molecule is C=CC(=O)OCCN(CC)c1ccc(N=Nc2ccc(N=Nc3ccc(OCCCCCCCCCOC(=O)C(C)CC)cc3)cc2)cc1. The summed E-state index contributed by atoms with van der Waals surface area (Å²) in [5.74, 6) is 0.327. The lowest BCUT2D eigenvalue weighted by molar-refractivity contribution is -0.148. The van der Waals surface area contributed by atoms with E-state index in [9.17, 15) is 9.59 Å². The highest BCUT2D eigenvalue weighted by Gasteiger charge is 2.11. The van der Waals surface area contributed by atoms with Gasteiger partial charge in [-0.3, -0.25) is 4.79 Å². The molecular formula is C39H51N5O5. The average molecular weight is 670 g/mol. The predicted molar refractivity (Wildman–Crippen MR) is 195 cm³/mol. The van der Waals surface area contributed by atoms with Gasteiger partial charge in [0.15, 0.2) is 0 Å². The van der Waals surface area contributed by atoms with E-state index >= 15 is 0 Å². The number of likely N-dealkylation sites (N-methyl/N-ethyl adjacent to an activating group) is 1. The Labute approximate surface area is 291 Å². The molecule has 0 aliphatic rings. The van der Waals surface area contributed by atoms with Crippen molar-refractivity contribution in [3.8, 4) is 5.75 Å². The molecule has 0 bridgehead atoms. The minimum absolute atomic E-state index is 0.00118. The number of anilines is 1. The van der Waals surface area contributed by atoms with Crippen molar-refractivity contribution in [3.05, 3.63) is 85.5 Å². The highest BCUT2D eigenvalue weighted by molar-refractivity contribution is 5.81. The van der Waals surface area contributed by atoms with Crippen molar-refractivity contribution in [1.82, 2.24) is 0 Å². The summed E-state index contributed by atoms with van der Waals surface area (Å²) in [5.41, 5.74) is 3.91. The molecule has 10 heteroatoms. The van der Waals surface area contributed by atoms with E-state index in [0.717, 1.165) is 67.5 Å². The standard InChI is InChI=1S/C39H51N5O5/c1-5-31(4)39(46)49-29-14-12-10-8-9-11-13-28-47-37-25-21-35(22-26-37)43-41-33-17-15-32(16-18-33)40-42-34-19-23-36(24-20-34)44(7-3)27-30-48-38(45)6-2/h6,15-26,31H,2,5,7-14,27-30H2,1,3-4H3. The number of ether oxygens (including phenoxy) is 3. The molecule has 0 amide bonds. The molecule has 3 aromatic carbocycles. The van der Waals surface area contributed by atoms with E-state index in [1.165, 1.54) is 19.3 Å². The number of rotatable bonds is 23. The normalized spacial score (nSPS) is 11.8. The Morgan fingerprint density at radius 1 is 0.673 bits per heavy atom. The topological polar surface area (TPSA) is 115 Å². The Hall–Kier alpha value is -4.86. The third kappa shape index (κ3) is 15.3. The van der Waals surface area contributed by atoms with Gasteiger partial charge in [-0.05, 0) is 99.0 Å². The zero-order chi connectivity index (χ0) is 35.1. The molecule has 0 spiro atoms. The molecule has 0 heterocycles. The number of carbonyl (C=O) groups excluding carboxylic acids is 2. The summed E-state index contributed by atoms with van der Waals surface area (Å²) >= 11 is 0. The van der Waals surface area contributed by atoms with Crippen LogP contribution in [0.3, 0.4) is 0 Å². The zero-order valence-electron chi connectivity index (χ0n) is 29.3. The van der Waals surface area contributed by atoms with Gasteiger partial charge in [0.05, 0.1) is 48.4 Å². The molecule has 49 heavy (non-hydrogen) atoms. The Morgan fingerprint density at radius 3 is 1.63 bits per heavy atom. The van der Waals surface area contributed by atoms with Crippen molar-refractivity contribution >= 4 is 40.4 Å². The van der Waals surface area contributed by atoms with Gasteiger partial charge in [0, 0.05) is 18.3 Å². The van der Waals surface area contributed by atoms with Crippen LogP contribution in [0.25, 0.3) is 0 Å². The van der Waals surface area contributed by atoms with E-state index < -0.39 is 5.97 Å². The van der Waals surface area contributed by atoms with E-state index in [2.05, 4.69) is 31.9 Å². The van der Waals surface area contributed by atoms with Gasteiger partial charge in [-0.1, -0.05) is 52.5 Å². The van der Waals surface area contributed by atoms with Gasteiger partial charge in [0.25, 0.3) is 0 Å². The minimum atomic E-state index is -0.420. The number of esters is 2. The highest BCUT2D eigenvalue weighted by Crippen LogP contribution is 2.26. The van der Waals surface area contributed by atoms with Crippen LogP contribution < -0.4 is 9.64 Å². The molecule has 1 atom stereocenters. The van der Waals surface area contributed by atoms with Crippen molar-refractivity contribution in [1.29, 1.82) is 0 Å².